The molecule has 0 aromatic carbocycles. The lowest BCUT2D eigenvalue weighted by atomic mass is 10.5. The fraction of sp³-hybridized carbons (Fsp3) is 0. The maximum absolute atomic E-state index is 5.15. The van der Waals surface area contributed by atoms with Crippen LogP contribution in [-0.2, 0) is 0 Å². The molecule has 3 heteroatoms. The van der Waals surface area contributed by atoms with E-state index in [1.54, 1.807) is 11.3 Å². The van der Waals surface area contributed by atoms with Crippen LogP contribution in [0.3, 0.4) is 0 Å². The van der Waals surface area contributed by atoms with Crippen LogP contribution in [0.2, 0.25) is 0 Å². The van der Waals surface area contributed by atoms with E-state index in [4.69, 9.17) is 6.42 Å². The summed E-state index contributed by atoms with van der Waals surface area (Å²) in [6, 6.07) is 0. The third-order valence-electron chi connectivity index (χ3n) is 1.24. The maximum atomic E-state index is 5.15. The smallest absolute Gasteiger partial charge is 0.194 e. The highest BCUT2D eigenvalue weighted by Crippen LogP contribution is 2.09. The number of nitrogens with zero attached hydrogens (tertiary/aromatic N) is 2. The van der Waals surface area contributed by atoms with Crippen molar-refractivity contribution in [2.24, 2.45) is 0 Å². The Morgan fingerprint density at radius 1 is 1.70 bits per heavy atom. The van der Waals surface area contributed by atoms with Gasteiger partial charge in [0.1, 0.15) is 5.69 Å². The van der Waals surface area contributed by atoms with E-state index in [9.17, 15) is 0 Å². The molecule has 0 radical (unpaired) electrons. The van der Waals surface area contributed by atoms with E-state index in [0.717, 1.165) is 4.96 Å². The molecule has 0 bridgehead atoms. The van der Waals surface area contributed by atoms with Crippen LogP contribution < -0.4 is 0 Å². The predicted molar refractivity (Wildman–Crippen MR) is 41.0 cm³/mol. The summed E-state index contributed by atoms with van der Waals surface area (Å²) in [5, 5.41) is 1.97. The molecule has 2 aromatic heterocycles. The molecular formula is C7H4N2S. The first-order valence-electron chi connectivity index (χ1n) is 2.79. The fourth-order valence-electron chi connectivity index (χ4n) is 0.797. The van der Waals surface area contributed by atoms with E-state index >= 15 is 0 Å². The van der Waals surface area contributed by atoms with Crippen LogP contribution in [0.15, 0.2) is 17.8 Å². The Balaban J connectivity index is 2.81. The minimum atomic E-state index is 0.701. The van der Waals surface area contributed by atoms with Crippen molar-refractivity contribution in [2.75, 3.05) is 0 Å². The van der Waals surface area contributed by atoms with E-state index in [2.05, 4.69) is 10.9 Å². The van der Waals surface area contributed by atoms with Gasteiger partial charge in [-0.1, -0.05) is 0 Å². The third-order valence-corrected chi connectivity index (χ3v) is 2.01. The molecule has 0 aliphatic carbocycles. The van der Waals surface area contributed by atoms with Crippen molar-refractivity contribution in [3.8, 4) is 12.3 Å². The van der Waals surface area contributed by atoms with Crippen molar-refractivity contribution >= 4 is 16.3 Å². The second kappa shape index (κ2) is 1.86. The third kappa shape index (κ3) is 0.630. The molecule has 0 saturated heterocycles. The van der Waals surface area contributed by atoms with Crippen molar-refractivity contribution in [2.45, 2.75) is 0 Å². The lowest BCUT2D eigenvalue weighted by molar-refractivity contribution is 1.23. The standard InChI is InChI=1S/C7H4N2S/c1-2-6-5-9-3-4-10-7(9)8-6/h1,3-5H. The summed E-state index contributed by atoms with van der Waals surface area (Å²) in [5.74, 6) is 2.48. The van der Waals surface area contributed by atoms with Crippen molar-refractivity contribution in [1.29, 1.82) is 0 Å². The lowest BCUT2D eigenvalue weighted by Gasteiger charge is -1.72. The van der Waals surface area contributed by atoms with Crippen molar-refractivity contribution < 1.29 is 0 Å². The van der Waals surface area contributed by atoms with E-state index in [1.165, 1.54) is 0 Å². The molecule has 0 unspecified atom stereocenters. The highest BCUT2D eigenvalue weighted by atomic mass is 32.1. The molecule has 0 aliphatic rings. The number of rotatable bonds is 0. The normalized spacial score (nSPS) is 9.90. The Bertz CT molecular complexity index is 362. The summed E-state index contributed by atoms with van der Waals surface area (Å²) >= 11 is 1.58. The Hall–Kier alpha value is -1.27. The van der Waals surface area contributed by atoms with E-state index in [0.29, 0.717) is 5.69 Å². The summed E-state index contributed by atoms with van der Waals surface area (Å²) in [4.78, 5) is 5.09. The van der Waals surface area contributed by atoms with Gasteiger partial charge in [0.15, 0.2) is 4.96 Å². The van der Waals surface area contributed by atoms with Gasteiger partial charge in [0, 0.05) is 17.8 Å². The van der Waals surface area contributed by atoms with Gasteiger partial charge in [-0.15, -0.1) is 17.8 Å². The number of terminal acetylenes is 1. The van der Waals surface area contributed by atoms with Gasteiger partial charge in [-0.05, 0) is 5.92 Å². The molecule has 2 nitrogen and oxygen atoms in total. The van der Waals surface area contributed by atoms with Crippen molar-refractivity contribution in [3.05, 3.63) is 23.5 Å². The first kappa shape index (κ1) is 5.51. The van der Waals surface area contributed by atoms with Crippen LogP contribution in [0.4, 0.5) is 0 Å². The number of imidazole rings is 1. The highest BCUT2D eigenvalue weighted by molar-refractivity contribution is 7.15. The molecule has 0 amide bonds. The minimum absolute atomic E-state index is 0.701. The largest absolute Gasteiger partial charge is 0.296 e. The summed E-state index contributed by atoms with van der Waals surface area (Å²) in [6.07, 6.45) is 8.93. The number of fused-ring (bicyclic) bond motifs is 1. The lowest BCUT2D eigenvalue weighted by Crippen LogP contribution is -1.67. The number of thiazole rings is 1. The van der Waals surface area contributed by atoms with Gasteiger partial charge in [0.2, 0.25) is 0 Å². The maximum Gasteiger partial charge on any atom is 0.194 e. The van der Waals surface area contributed by atoms with Gasteiger partial charge >= 0.3 is 0 Å². The van der Waals surface area contributed by atoms with Crippen LogP contribution in [-0.4, -0.2) is 9.38 Å². The summed E-state index contributed by atoms with van der Waals surface area (Å²) in [7, 11) is 0. The van der Waals surface area contributed by atoms with Crippen molar-refractivity contribution in [1.82, 2.24) is 9.38 Å². The quantitative estimate of drug-likeness (QED) is 0.516. The van der Waals surface area contributed by atoms with E-state index in [1.807, 2.05) is 22.2 Å². The molecule has 0 atom stereocenters. The Labute approximate surface area is 62.1 Å². The monoisotopic (exact) mass is 148 g/mol. The molecular weight excluding hydrogens is 144 g/mol. The molecule has 10 heavy (non-hydrogen) atoms. The van der Waals surface area contributed by atoms with Gasteiger partial charge in [-0.2, -0.15) is 0 Å². The molecule has 2 heterocycles. The SMILES string of the molecule is C#Cc1cn2ccsc2n1. The van der Waals surface area contributed by atoms with Crippen LogP contribution in [0.1, 0.15) is 5.69 Å². The zero-order chi connectivity index (χ0) is 6.97. The van der Waals surface area contributed by atoms with E-state index in [-0.39, 0.29) is 0 Å². The molecule has 2 rings (SSSR count). The zero-order valence-electron chi connectivity index (χ0n) is 5.11. The van der Waals surface area contributed by atoms with E-state index < -0.39 is 0 Å². The molecule has 48 valence electrons. The van der Waals surface area contributed by atoms with Gasteiger partial charge in [0.25, 0.3) is 0 Å². The van der Waals surface area contributed by atoms with Gasteiger partial charge in [-0.3, -0.25) is 4.40 Å². The average Bonchev–Trinajstić information content (AvgIpc) is 2.42. The number of hydrogen-bond donors (Lipinski definition) is 0. The zero-order valence-corrected chi connectivity index (χ0v) is 5.93. The second-order valence-electron chi connectivity index (χ2n) is 1.86. The fourth-order valence-corrected chi connectivity index (χ4v) is 1.50. The molecule has 0 fully saturated rings. The Kier molecular flexibility index (Phi) is 1.02. The molecule has 0 N–H and O–H groups in total. The minimum Gasteiger partial charge on any atom is -0.296 e. The van der Waals surface area contributed by atoms with Gasteiger partial charge in [0.05, 0.1) is 0 Å². The summed E-state index contributed by atoms with van der Waals surface area (Å²) in [6.45, 7) is 0. The topological polar surface area (TPSA) is 17.3 Å². The first-order chi connectivity index (χ1) is 4.90. The van der Waals surface area contributed by atoms with Crippen LogP contribution >= 0.6 is 11.3 Å². The Morgan fingerprint density at radius 2 is 2.60 bits per heavy atom. The first-order valence-corrected chi connectivity index (χ1v) is 3.67. The van der Waals surface area contributed by atoms with Gasteiger partial charge < -0.3 is 0 Å². The van der Waals surface area contributed by atoms with Crippen LogP contribution in [0, 0.1) is 12.3 Å². The molecule has 2 aromatic rings. The molecule has 0 aliphatic heterocycles. The second-order valence-corrected chi connectivity index (χ2v) is 2.74. The summed E-state index contributed by atoms with van der Waals surface area (Å²) in [5.41, 5.74) is 0.701. The van der Waals surface area contributed by atoms with Gasteiger partial charge in [-0.25, -0.2) is 4.98 Å². The van der Waals surface area contributed by atoms with Crippen LogP contribution in [0.25, 0.3) is 4.96 Å². The Morgan fingerprint density at radius 3 is 3.30 bits per heavy atom. The predicted octanol–water partition coefficient (Wildman–Crippen LogP) is 1.38. The van der Waals surface area contributed by atoms with Crippen molar-refractivity contribution in [3.63, 3.8) is 0 Å². The van der Waals surface area contributed by atoms with Crippen LogP contribution in [0.5, 0.6) is 0 Å². The highest BCUT2D eigenvalue weighted by Gasteiger charge is 1.96. The average molecular weight is 148 g/mol. The summed E-state index contributed by atoms with van der Waals surface area (Å²) < 4.78 is 1.92. The number of hydrogen-bond acceptors (Lipinski definition) is 2. The number of aromatic nitrogens is 2. The molecule has 0 saturated carbocycles. The molecule has 0 spiro atoms.